The Morgan fingerprint density at radius 3 is 2.83 bits per heavy atom. The van der Waals surface area contributed by atoms with E-state index in [1.165, 1.54) is 6.26 Å². The molecule has 1 aromatic rings. The summed E-state index contributed by atoms with van der Waals surface area (Å²) in [6.07, 6.45) is 3.45. The predicted molar refractivity (Wildman–Crippen MR) is 93.3 cm³/mol. The van der Waals surface area contributed by atoms with Crippen LogP contribution in [0.5, 0.6) is 0 Å². The Bertz CT molecular complexity index is 550. The number of guanidine groups is 1. The zero-order chi connectivity index (χ0) is 17.4. The third-order valence-electron chi connectivity index (χ3n) is 4.12. The average Bonchev–Trinajstić information content (AvgIpc) is 3.22. The van der Waals surface area contributed by atoms with Crippen molar-refractivity contribution in [3.63, 3.8) is 0 Å². The third kappa shape index (κ3) is 5.26. The van der Waals surface area contributed by atoms with Gasteiger partial charge in [0, 0.05) is 51.8 Å². The summed E-state index contributed by atoms with van der Waals surface area (Å²) in [5.41, 5.74) is 0.851. The molecule has 7 heteroatoms. The van der Waals surface area contributed by atoms with Gasteiger partial charge in [-0.05, 0) is 25.8 Å². The number of aliphatic imine (C=N–C) groups is 1. The van der Waals surface area contributed by atoms with Gasteiger partial charge in [-0.1, -0.05) is 0 Å². The Morgan fingerprint density at radius 1 is 1.42 bits per heavy atom. The van der Waals surface area contributed by atoms with E-state index < -0.39 is 0 Å². The van der Waals surface area contributed by atoms with E-state index in [-0.39, 0.29) is 5.91 Å². The largest absolute Gasteiger partial charge is 0.459 e. The van der Waals surface area contributed by atoms with Gasteiger partial charge in [0.05, 0.1) is 12.9 Å². The van der Waals surface area contributed by atoms with Crippen LogP contribution < -0.4 is 10.6 Å². The van der Waals surface area contributed by atoms with Crippen LogP contribution in [0.25, 0.3) is 0 Å². The standard InChI is InChI=1S/C17H28N4O3/c1-13-5-10-24-15(13)16(22)19-7-4-8-20-17(18-2)21(3)11-14-6-9-23-12-14/h5,10,14H,4,6-9,11-12H2,1-3H3,(H,18,20)(H,19,22). The molecule has 134 valence electrons. The number of amides is 1. The number of hydrogen-bond acceptors (Lipinski definition) is 4. The molecule has 1 aromatic heterocycles. The number of ether oxygens (including phenoxy) is 1. The monoisotopic (exact) mass is 336 g/mol. The molecule has 0 radical (unpaired) electrons. The number of hydrogen-bond donors (Lipinski definition) is 2. The highest BCUT2D eigenvalue weighted by Crippen LogP contribution is 2.13. The summed E-state index contributed by atoms with van der Waals surface area (Å²) in [6, 6.07) is 1.78. The van der Waals surface area contributed by atoms with Crippen molar-refractivity contribution in [2.45, 2.75) is 19.8 Å². The maximum Gasteiger partial charge on any atom is 0.287 e. The number of aryl methyl sites for hydroxylation is 1. The van der Waals surface area contributed by atoms with Gasteiger partial charge < -0.3 is 24.7 Å². The maximum atomic E-state index is 11.9. The summed E-state index contributed by atoms with van der Waals surface area (Å²) in [4.78, 5) is 18.3. The van der Waals surface area contributed by atoms with Crippen LogP contribution in [0, 0.1) is 12.8 Å². The molecule has 1 fully saturated rings. The second-order valence-electron chi connectivity index (χ2n) is 6.13. The van der Waals surface area contributed by atoms with Crippen molar-refractivity contribution in [1.82, 2.24) is 15.5 Å². The summed E-state index contributed by atoms with van der Waals surface area (Å²) in [5, 5.41) is 6.19. The Kier molecular flexibility index (Phi) is 7.11. The highest BCUT2D eigenvalue weighted by molar-refractivity contribution is 5.92. The number of rotatable bonds is 7. The number of nitrogens with one attached hydrogen (secondary N) is 2. The Labute approximate surface area is 143 Å². The van der Waals surface area contributed by atoms with E-state index in [1.807, 2.05) is 14.0 Å². The smallest absolute Gasteiger partial charge is 0.287 e. The first-order valence-electron chi connectivity index (χ1n) is 8.43. The molecule has 2 heterocycles. The highest BCUT2D eigenvalue weighted by atomic mass is 16.5. The van der Waals surface area contributed by atoms with Crippen molar-refractivity contribution in [2.24, 2.45) is 10.9 Å². The fourth-order valence-electron chi connectivity index (χ4n) is 2.76. The van der Waals surface area contributed by atoms with Crippen LogP contribution in [-0.2, 0) is 4.74 Å². The average molecular weight is 336 g/mol. The van der Waals surface area contributed by atoms with E-state index in [0.29, 0.717) is 18.2 Å². The number of carbonyl (C=O) groups excluding carboxylic acids is 1. The zero-order valence-electron chi connectivity index (χ0n) is 14.8. The molecule has 7 nitrogen and oxygen atoms in total. The van der Waals surface area contributed by atoms with Crippen molar-refractivity contribution in [3.8, 4) is 0 Å². The summed E-state index contributed by atoms with van der Waals surface area (Å²) in [5.74, 6) is 1.66. The van der Waals surface area contributed by atoms with E-state index in [9.17, 15) is 4.79 Å². The van der Waals surface area contributed by atoms with Gasteiger partial charge in [-0.25, -0.2) is 0 Å². The van der Waals surface area contributed by atoms with Crippen LogP contribution in [-0.4, -0.2) is 63.7 Å². The molecule has 0 saturated carbocycles. The van der Waals surface area contributed by atoms with Crippen molar-refractivity contribution in [1.29, 1.82) is 0 Å². The third-order valence-corrected chi connectivity index (χ3v) is 4.12. The van der Waals surface area contributed by atoms with E-state index in [0.717, 1.165) is 50.7 Å². The van der Waals surface area contributed by atoms with Crippen LogP contribution in [0.15, 0.2) is 21.7 Å². The summed E-state index contributed by atoms with van der Waals surface area (Å²) in [7, 11) is 3.82. The van der Waals surface area contributed by atoms with Gasteiger partial charge >= 0.3 is 0 Å². The molecule has 1 unspecified atom stereocenters. The Balaban J connectivity index is 1.63. The maximum absolute atomic E-state index is 11.9. The van der Waals surface area contributed by atoms with E-state index >= 15 is 0 Å². The van der Waals surface area contributed by atoms with Gasteiger partial charge in [0.25, 0.3) is 5.91 Å². The van der Waals surface area contributed by atoms with Crippen LogP contribution in [0.4, 0.5) is 0 Å². The minimum absolute atomic E-state index is 0.166. The summed E-state index contributed by atoms with van der Waals surface area (Å²) < 4.78 is 10.6. The minimum atomic E-state index is -0.166. The Hall–Kier alpha value is -2.02. The lowest BCUT2D eigenvalue weighted by atomic mass is 10.1. The summed E-state index contributed by atoms with van der Waals surface area (Å²) >= 11 is 0. The van der Waals surface area contributed by atoms with Gasteiger partial charge in [-0.15, -0.1) is 0 Å². The lowest BCUT2D eigenvalue weighted by Gasteiger charge is -2.24. The zero-order valence-corrected chi connectivity index (χ0v) is 14.8. The molecule has 2 rings (SSSR count). The fourth-order valence-corrected chi connectivity index (χ4v) is 2.76. The molecule has 1 aliphatic rings. The van der Waals surface area contributed by atoms with E-state index in [4.69, 9.17) is 9.15 Å². The SMILES string of the molecule is CN=C(NCCCNC(=O)c1occc1C)N(C)CC1CCOC1. The molecular formula is C17H28N4O3. The lowest BCUT2D eigenvalue weighted by Crippen LogP contribution is -2.42. The first kappa shape index (κ1) is 18.3. The van der Waals surface area contributed by atoms with Gasteiger partial charge in [0.1, 0.15) is 0 Å². The Morgan fingerprint density at radius 2 is 2.21 bits per heavy atom. The molecular weight excluding hydrogens is 308 g/mol. The van der Waals surface area contributed by atoms with Crippen molar-refractivity contribution in [3.05, 3.63) is 23.7 Å². The van der Waals surface area contributed by atoms with Gasteiger partial charge in [0.2, 0.25) is 0 Å². The van der Waals surface area contributed by atoms with E-state index in [1.54, 1.807) is 13.1 Å². The van der Waals surface area contributed by atoms with Gasteiger partial charge in [-0.3, -0.25) is 9.79 Å². The van der Waals surface area contributed by atoms with Crippen LogP contribution in [0.1, 0.15) is 29.0 Å². The number of furan rings is 1. The molecule has 1 aliphatic heterocycles. The minimum Gasteiger partial charge on any atom is -0.459 e. The highest BCUT2D eigenvalue weighted by Gasteiger charge is 2.19. The molecule has 1 saturated heterocycles. The van der Waals surface area contributed by atoms with Gasteiger partial charge in [0.15, 0.2) is 11.7 Å². The van der Waals surface area contributed by atoms with Crippen molar-refractivity contribution < 1.29 is 13.9 Å². The molecule has 2 N–H and O–H groups in total. The summed E-state index contributed by atoms with van der Waals surface area (Å²) in [6.45, 7) is 5.82. The normalized spacial score (nSPS) is 17.8. The first-order valence-corrected chi connectivity index (χ1v) is 8.43. The van der Waals surface area contributed by atoms with Crippen molar-refractivity contribution >= 4 is 11.9 Å². The molecule has 1 atom stereocenters. The van der Waals surface area contributed by atoms with Crippen LogP contribution in [0.3, 0.4) is 0 Å². The number of nitrogens with zero attached hydrogens (tertiary/aromatic N) is 2. The predicted octanol–water partition coefficient (Wildman–Crippen LogP) is 1.25. The van der Waals surface area contributed by atoms with Crippen LogP contribution in [0.2, 0.25) is 0 Å². The van der Waals surface area contributed by atoms with Crippen molar-refractivity contribution in [2.75, 3.05) is 46.9 Å². The van der Waals surface area contributed by atoms with E-state index in [2.05, 4.69) is 20.5 Å². The molecule has 0 bridgehead atoms. The second-order valence-corrected chi connectivity index (χ2v) is 6.13. The first-order chi connectivity index (χ1) is 11.6. The second kappa shape index (κ2) is 9.32. The molecule has 0 aromatic carbocycles. The molecule has 0 spiro atoms. The fraction of sp³-hybridized carbons (Fsp3) is 0.647. The quantitative estimate of drug-likeness (QED) is 0.445. The molecule has 24 heavy (non-hydrogen) atoms. The van der Waals surface area contributed by atoms with Gasteiger partial charge in [-0.2, -0.15) is 0 Å². The molecule has 0 aliphatic carbocycles. The molecule has 1 amide bonds. The van der Waals surface area contributed by atoms with Crippen LogP contribution >= 0.6 is 0 Å². The lowest BCUT2D eigenvalue weighted by molar-refractivity contribution is 0.0925. The number of carbonyl (C=O) groups is 1. The topological polar surface area (TPSA) is 79.1 Å².